The molecule has 21 heavy (non-hydrogen) atoms. The number of carbonyl (C=O) groups excluding carboxylic acids is 1. The molecular weight excluding hydrogens is 264 g/mol. The summed E-state index contributed by atoms with van der Waals surface area (Å²) in [5.74, 6) is -0.558. The first-order valence-corrected chi connectivity index (χ1v) is 7.15. The summed E-state index contributed by atoms with van der Waals surface area (Å²) in [5, 5.41) is 9.14. The van der Waals surface area contributed by atoms with Gasteiger partial charge < -0.3 is 9.84 Å². The number of rotatable bonds is 7. The lowest BCUT2D eigenvalue weighted by molar-refractivity contribution is -0.150. The molecule has 0 aliphatic carbocycles. The molecule has 0 bridgehead atoms. The van der Waals surface area contributed by atoms with Crippen molar-refractivity contribution in [1.29, 1.82) is 0 Å². The molecule has 0 amide bonds. The molecule has 0 heterocycles. The number of carbonyl (C=O) groups is 1. The normalized spacial score (nSPS) is 11.9. The van der Waals surface area contributed by atoms with E-state index < -0.39 is 0 Å². The van der Waals surface area contributed by atoms with Crippen molar-refractivity contribution < 1.29 is 14.6 Å². The lowest BCUT2D eigenvalue weighted by Gasteiger charge is -2.15. The van der Waals surface area contributed by atoms with Crippen LogP contribution >= 0.6 is 0 Å². The first-order valence-electron chi connectivity index (χ1n) is 7.15. The van der Waals surface area contributed by atoms with Crippen LogP contribution in [0.4, 0.5) is 0 Å². The van der Waals surface area contributed by atoms with Gasteiger partial charge in [0.15, 0.2) is 0 Å². The van der Waals surface area contributed by atoms with Crippen molar-refractivity contribution in [3.8, 4) is 0 Å². The minimum absolute atomic E-state index is 0.0159. The summed E-state index contributed by atoms with van der Waals surface area (Å²) in [6.45, 7) is 0.258. The molecule has 3 nitrogen and oxygen atoms in total. The van der Waals surface area contributed by atoms with Crippen molar-refractivity contribution in [2.24, 2.45) is 5.92 Å². The molecule has 1 N–H and O–H groups in total. The van der Waals surface area contributed by atoms with Crippen LogP contribution in [0.3, 0.4) is 0 Å². The van der Waals surface area contributed by atoms with E-state index in [1.165, 1.54) is 0 Å². The molecule has 1 atom stereocenters. The van der Waals surface area contributed by atoms with Crippen molar-refractivity contribution in [2.45, 2.75) is 19.4 Å². The van der Waals surface area contributed by atoms with Crippen LogP contribution in [0.2, 0.25) is 0 Å². The van der Waals surface area contributed by atoms with E-state index in [0.29, 0.717) is 12.8 Å². The van der Waals surface area contributed by atoms with Crippen molar-refractivity contribution >= 4 is 5.97 Å². The number of hydrogen-bond acceptors (Lipinski definition) is 3. The van der Waals surface area contributed by atoms with Crippen molar-refractivity contribution in [3.05, 3.63) is 71.8 Å². The highest BCUT2D eigenvalue weighted by Crippen LogP contribution is 2.15. The molecule has 2 aromatic rings. The van der Waals surface area contributed by atoms with E-state index in [4.69, 9.17) is 9.84 Å². The third kappa shape index (κ3) is 5.04. The molecule has 2 aromatic carbocycles. The highest BCUT2D eigenvalue weighted by Gasteiger charge is 2.20. The highest BCUT2D eigenvalue weighted by molar-refractivity contribution is 5.72. The topological polar surface area (TPSA) is 46.5 Å². The zero-order valence-corrected chi connectivity index (χ0v) is 11.9. The fourth-order valence-corrected chi connectivity index (χ4v) is 2.20. The van der Waals surface area contributed by atoms with Gasteiger partial charge in [-0.15, -0.1) is 0 Å². The second-order valence-electron chi connectivity index (χ2n) is 4.99. The summed E-state index contributed by atoms with van der Waals surface area (Å²) in [4.78, 5) is 12.2. The van der Waals surface area contributed by atoms with Crippen LogP contribution < -0.4 is 0 Å². The van der Waals surface area contributed by atoms with Gasteiger partial charge in [-0.25, -0.2) is 0 Å². The van der Waals surface area contributed by atoms with Crippen LogP contribution in [0, 0.1) is 5.92 Å². The molecular formula is C18H20O3. The monoisotopic (exact) mass is 284 g/mol. The summed E-state index contributed by atoms with van der Waals surface area (Å²) < 4.78 is 5.36. The van der Waals surface area contributed by atoms with Gasteiger partial charge in [0.1, 0.15) is 6.61 Å². The molecule has 3 heteroatoms. The van der Waals surface area contributed by atoms with E-state index in [2.05, 4.69) is 0 Å². The maximum absolute atomic E-state index is 12.2. The average Bonchev–Trinajstić information content (AvgIpc) is 2.54. The van der Waals surface area contributed by atoms with Crippen LogP contribution in [0.15, 0.2) is 60.7 Å². The predicted octanol–water partition coefficient (Wildman–Crippen LogP) is 2.97. The maximum atomic E-state index is 12.2. The summed E-state index contributed by atoms with van der Waals surface area (Å²) in [6, 6.07) is 19.4. The molecule has 0 radical (unpaired) electrons. The van der Waals surface area contributed by atoms with Crippen molar-refractivity contribution in [3.63, 3.8) is 0 Å². The molecule has 0 aromatic heterocycles. The van der Waals surface area contributed by atoms with Crippen LogP contribution in [-0.4, -0.2) is 17.7 Å². The number of aliphatic hydroxyl groups excluding tert-OH is 1. The molecule has 2 rings (SSSR count). The zero-order chi connectivity index (χ0) is 14.9. The number of hydrogen-bond donors (Lipinski definition) is 1. The Morgan fingerprint density at radius 2 is 1.52 bits per heavy atom. The predicted molar refractivity (Wildman–Crippen MR) is 81.6 cm³/mol. The van der Waals surface area contributed by atoms with Crippen LogP contribution in [-0.2, 0) is 22.6 Å². The number of esters is 1. The Labute approximate surface area is 125 Å². The van der Waals surface area contributed by atoms with Crippen LogP contribution in [0.5, 0.6) is 0 Å². The Morgan fingerprint density at radius 1 is 0.952 bits per heavy atom. The van der Waals surface area contributed by atoms with Gasteiger partial charge in [-0.05, 0) is 24.0 Å². The number of aliphatic hydroxyl groups is 1. The van der Waals surface area contributed by atoms with E-state index in [1.54, 1.807) is 0 Å². The molecule has 0 aliphatic rings. The lowest BCUT2D eigenvalue weighted by Crippen LogP contribution is -2.21. The van der Waals surface area contributed by atoms with E-state index >= 15 is 0 Å². The maximum Gasteiger partial charge on any atom is 0.309 e. The van der Waals surface area contributed by atoms with Gasteiger partial charge in [0.05, 0.1) is 5.92 Å². The lowest BCUT2D eigenvalue weighted by atomic mass is 9.96. The van der Waals surface area contributed by atoms with Gasteiger partial charge in [-0.1, -0.05) is 60.7 Å². The third-order valence-corrected chi connectivity index (χ3v) is 3.36. The SMILES string of the molecule is O=C(OCc1ccccc1)[C@@H](CCO)Cc1ccccc1. The molecule has 0 unspecified atom stereocenters. The van der Waals surface area contributed by atoms with E-state index in [0.717, 1.165) is 11.1 Å². The Kier molecular flexibility index (Phi) is 5.98. The van der Waals surface area contributed by atoms with Crippen LogP contribution in [0.1, 0.15) is 17.5 Å². The minimum Gasteiger partial charge on any atom is -0.461 e. The summed E-state index contributed by atoms with van der Waals surface area (Å²) in [6.07, 6.45) is 1.01. The van der Waals surface area contributed by atoms with Gasteiger partial charge in [0, 0.05) is 6.61 Å². The first kappa shape index (κ1) is 15.3. The molecule has 0 fully saturated rings. The third-order valence-electron chi connectivity index (χ3n) is 3.36. The second-order valence-corrected chi connectivity index (χ2v) is 4.99. The minimum atomic E-state index is -0.305. The van der Waals surface area contributed by atoms with Crippen molar-refractivity contribution in [1.82, 2.24) is 0 Å². The van der Waals surface area contributed by atoms with E-state index in [9.17, 15) is 4.79 Å². The summed E-state index contributed by atoms with van der Waals surface area (Å²) in [5.41, 5.74) is 2.04. The molecule has 0 spiro atoms. The van der Waals surface area contributed by atoms with E-state index in [-0.39, 0.29) is 25.1 Å². The first-order chi connectivity index (χ1) is 10.3. The fraction of sp³-hybridized carbons (Fsp3) is 0.278. The molecule has 0 saturated carbocycles. The van der Waals surface area contributed by atoms with Crippen molar-refractivity contribution in [2.75, 3.05) is 6.61 Å². The number of benzene rings is 2. The average molecular weight is 284 g/mol. The van der Waals surface area contributed by atoms with Gasteiger partial charge >= 0.3 is 5.97 Å². The van der Waals surface area contributed by atoms with Crippen LogP contribution in [0.25, 0.3) is 0 Å². The Hall–Kier alpha value is -2.13. The van der Waals surface area contributed by atoms with Gasteiger partial charge in [-0.3, -0.25) is 4.79 Å². The van der Waals surface area contributed by atoms with E-state index in [1.807, 2.05) is 60.7 Å². The molecule has 110 valence electrons. The highest BCUT2D eigenvalue weighted by atomic mass is 16.5. The quantitative estimate of drug-likeness (QED) is 0.795. The summed E-state index contributed by atoms with van der Waals surface area (Å²) >= 11 is 0. The fourth-order valence-electron chi connectivity index (χ4n) is 2.20. The Morgan fingerprint density at radius 3 is 2.10 bits per heavy atom. The smallest absolute Gasteiger partial charge is 0.309 e. The Bertz CT molecular complexity index is 537. The largest absolute Gasteiger partial charge is 0.461 e. The Balaban J connectivity index is 1.92. The molecule has 0 aliphatic heterocycles. The van der Waals surface area contributed by atoms with Gasteiger partial charge in [-0.2, -0.15) is 0 Å². The second kappa shape index (κ2) is 8.22. The zero-order valence-electron chi connectivity index (χ0n) is 11.9. The molecule has 0 saturated heterocycles. The van der Waals surface area contributed by atoms with Gasteiger partial charge in [0.25, 0.3) is 0 Å². The standard InChI is InChI=1S/C18H20O3/c19-12-11-17(13-15-7-3-1-4-8-15)18(20)21-14-16-9-5-2-6-10-16/h1-10,17,19H,11-14H2/t17-/m0/s1. The number of ether oxygens (including phenoxy) is 1. The van der Waals surface area contributed by atoms with Gasteiger partial charge in [0.2, 0.25) is 0 Å². The summed E-state index contributed by atoms with van der Waals surface area (Å²) in [7, 11) is 0.